The van der Waals surface area contributed by atoms with E-state index in [-0.39, 0.29) is 23.9 Å². The zero-order valence-corrected chi connectivity index (χ0v) is 7.80. The van der Waals surface area contributed by atoms with Crippen LogP contribution in [0.3, 0.4) is 0 Å². The van der Waals surface area contributed by atoms with Crippen molar-refractivity contribution in [3.05, 3.63) is 11.6 Å². The minimum Gasteiger partial charge on any atom is -0.466 e. The molecule has 13 heavy (non-hydrogen) atoms. The Morgan fingerprint density at radius 3 is 3.31 bits per heavy atom. The quantitative estimate of drug-likeness (QED) is 0.501. The summed E-state index contributed by atoms with van der Waals surface area (Å²) >= 11 is 0. The maximum atomic E-state index is 11.5. The average Bonchev–Trinajstić information content (AvgIpc) is 2.28. The Kier molecular flexibility index (Phi) is 2.01. The van der Waals surface area contributed by atoms with E-state index in [0.29, 0.717) is 19.4 Å². The predicted octanol–water partition coefficient (Wildman–Crippen LogP) is 2.69. The molecule has 1 aliphatic rings. The molecule has 0 radical (unpaired) electrons. The number of rotatable bonds is 3. The molecule has 0 aromatic rings. The summed E-state index contributed by atoms with van der Waals surface area (Å²) in [5, 5.41) is 0. The van der Waals surface area contributed by atoms with Gasteiger partial charge in [-0.2, -0.15) is 0 Å². The van der Waals surface area contributed by atoms with Crippen molar-refractivity contribution in [2.75, 3.05) is 6.61 Å². The molecule has 0 fully saturated rings. The average molecular weight is 187 g/mol. The SMILES string of the molecule is [2H]C([2H])([2H])C([2H])([2H])C1=CCC(C(=O)OCC)CC1. The number of allylic oxidation sites excluding steroid dienone is 2. The Bertz CT molecular complexity index is 346. The lowest BCUT2D eigenvalue weighted by Gasteiger charge is -2.19. The Balaban J connectivity index is 2.73. The minimum absolute atomic E-state index is 0.267. The van der Waals surface area contributed by atoms with Crippen molar-refractivity contribution in [2.45, 2.75) is 39.4 Å². The van der Waals surface area contributed by atoms with Gasteiger partial charge < -0.3 is 4.74 Å². The van der Waals surface area contributed by atoms with Gasteiger partial charge in [-0.25, -0.2) is 0 Å². The van der Waals surface area contributed by atoms with Crippen LogP contribution in [0.5, 0.6) is 0 Å². The molecule has 0 aromatic heterocycles. The number of esters is 1. The lowest BCUT2D eigenvalue weighted by atomic mass is 9.89. The first-order valence-corrected chi connectivity index (χ1v) is 4.56. The van der Waals surface area contributed by atoms with Crippen molar-refractivity contribution in [1.82, 2.24) is 0 Å². The largest absolute Gasteiger partial charge is 0.466 e. The molecule has 1 unspecified atom stereocenters. The van der Waals surface area contributed by atoms with Crippen LogP contribution < -0.4 is 0 Å². The lowest BCUT2D eigenvalue weighted by molar-refractivity contribution is -0.148. The van der Waals surface area contributed by atoms with Gasteiger partial charge in [0.05, 0.1) is 12.5 Å². The molecular formula is C11H18O2. The van der Waals surface area contributed by atoms with Crippen LogP contribution in [0.15, 0.2) is 11.6 Å². The fourth-order valence-corrected chi connectivity index (χ4v) is 1.42. The highest BCUT2D eigenvalue weighted by atomic mass is 16.5. The van der Waals surface area contributed by atoms with Gasteiger partial charge in [-0.1, -0.05) is 18.5 Å². The van der Waals surface area contributed by atoms with Crippen LogP contribution in [-0.2, 0) is 9.53 Å². The number of carbonyl (C=O) groups is 1. The van der Waals surface area contributed by atoms with Gasteiger partial charge in [0.1, 0.15) is 0 Å². The predicted molar refractivity (Wildman–Crippen MR) is 52.3 cm³/mol. The number of hydrogen-bond donors (Lipinski definition) is 0. The topological polar surface area (TPSA) is 26.3 Å². The maximum Gasteiger partial charge on any atom is 0.309 e. The van der Waals surface area contributed by atoms with Gasteiger partial charge in [0.25, 0.3) is 0 Å². The van der Waals surface area contributed by atoms with Crippen molar-refractivity contribution in [1.29, 1.82) is 0 Å². The zero-order chi connectivity index (χ0) is 14.0. The molecule has 0 saturated heterocycles. The second-order valence-electron chi connectivity index (χ2n) is 3.08. The second-order valence-corrected chi connectivity index (χ2v) is 3.08. The first-order chi connectivity index (χ1) is 8.20. The minimum atomic E-state index is -2.67. The molecule has 0 saturated carbocycles. The van der Waals surface area contributed by atoms with Gasteiger partial charge >= 0.3 is 5.97 Å². The van der Waals surface area contributed by atoms with Crippen LogP contribution in [0.1, 0.15) is 46.3 Å². The smallest absolute Gasteiger partial charge is 0.309 e. The van der Waals surface area contributed by atoms with E-state index in [2.05, 4.69) is 0 Å². The third-order valence-electron chi connectivity index (χ3n) is 2.19. The van der Waals surface area contributed by atoms with Gasteiger partial charge in [-0.05, 0) is 32.6 Å². The molecular weight excluding hydrogens is 164 g/mol. The summed E-state index contributed by atoms with van der Waals surface area (Å²) in [6, 6.07) is 0. The molecule has 1 aliphatic carbocycles. The summed E-state index contributed by atoms with van der Waals surface area (Å²) in [5.74, 6) is -0.566. The molecule has 0 heterocycles. The molecule has 0 amide bonds. The fraction of sp³-hybridized carbons (Fsp3) is 0.727. The molecule has 1 atom stereocenters. The van der Waals surface area contributed by atoms with Gasteiger partial charge in [-0.15, -0.1) is 0 Å². The molecule has 74 valence electrons. The van der Waals surface area contributed by atoms with Gasteiger partial charge in [0.2, 0.25) is 0 Å². The summed E-state index contributed by atoms with van der Waals surface area (Å²) in [7, 11) is 0. The van der Waals surface area contributed by atoms with Crippen LogP contribution in [-0.4, -0.2) is 12.6 Å². The van der Waals surface area contributed by atoms with E-state index in [1.807, 2.05) is 0 Å². The van der Waals surface area contributed by atoms with Gasteiger partial charge in [0.15, 0.2) is 0 Å². The lowest BCUT2D eigenvalue weighted by Crippen LogP contribution is -2.19. The van der Waals surface area contributed by atoms with E-state index in [4.69, 9.17) is 11.6 Å². The van der Waals surface area contributed by atoms with E-state index >= 15 is 0 Å². The molecule has 0 spiro atoms. The Hall–Kier alpha value is -0.790. The van der Waals surface area contributed by atoms with Crippen molar-refractivity contribution >= 4 is 5.97 Å². The first kappa shape index (κ1) is 5.18. The van der Waals surface area contributed by atoms with Crippen LogP contribution in [0, 0.1) is 5.92 Å². The Morgan fingerprint density at radius 2 is 2.77 bits per heavy atom. The third-order valence-corrected chi connectivity index (χ3v) is 2.19. The third kappa shape index (κ3) is 2.87. The summed E-state index contributed by atoms with van der Waals surface area (Å²) in [5.41, 5.74) is 0.267. The Labute approximate surface area is 87.0 Å². The summed E-state index contributed by atoms with van der Waals surface area (Å²) in [6.45, 7) is -0.618. The molecule has 1 rings (SSSR count). The summed E-state index contributed by atoms with van der Waals surface area (Å²) in [6.07, 6.45) is 0.309. The van der Waals surface area contributed by atoms with Crippen molar-refractivity contribution in [3.8, 4) is 0 Å². The van der Waals surface area contributed by atoms with Gasteiger partial charge in [0, 0.05) is 6.85 Å². The number of hydrogen-bond acceptors (Lipinski definition) is 2. The van der Waals surface area contributed by atoms with Gasteiger partial charge in [-0.3, -0.25) is 4.79 Å². The normalized spacial score (nSPS) is 30.1. The Morgan fingerprint density at radius 1 is 1.92 bits per heavy atom. The molecule has 0 aliphatic heterocycles. The number of ether oxygens (including phenoxy) is 1. The molecule has 0 N–H and O–H groups in total. The highest BCUT2D eigenvalue weighted by molar-refractivity contribution is 5.72. The molecule has 2 heteroatoms. The summed E-state index contributed by atoms with van der Waals surface area (Å²) < 4.78 is 41.8. The van der Waals surface area contributed by atoms with Crippen molar-refractivity contribution in [3.63, 3.8) is 0 Å². The second kappa shape index (κ2) is 5.05. The number of carbonyl (C=O) groups excluding carboxylic acids is 1. The molecule has 2 nitrogen and oxygen atoms in total. The molecule has 0 aromatic carbocycles. The van der Waals surface area contributed by atoms with Crippen LogP contribution in [0.2, 0.25) is 0 Å². The van der Waals surface area contributed by atoms with E-state index in [1.165, 1.54) is 6.08 Å². The van der Waals surface area contributed by atoms with Crippen molar-refractivity contribution < 1.29 is 16.4 Å². The van der Waals surface area contributed by atoms with E-state index < -0.39 is 13.2 Å². The maximum absolute atomic E-state index is 11.5. The van der Waals surface area contributed by atoms with E-state index in [9.17, 15) is 4.79 Å². The highest BCUT2D eigenvalue weighted by Gasteiger charge is 2.21. The van der Waals surface area contributed by atoms with Crippen LogP contribution in [0.4, 0.5) is 0 Å². The summed E-state index contributed by atoms with van der Waals surface area (Å²) in [4.78, 5) is 11.5. The fourth-order valence-electron chi connectivity index (χ4n) is 1.42. The monoisotopic (exact) mass is 187 g/mol. The van der Waals surface area contributed by atoms with Crippen molar-refractivity contribution in [2.24, 2.45) is 5.92 Å². The van der Waals surface area contributed by atoms with E-state index in [0.717, 1.165) is 0 Å². The zero-order valence-electron chi connectivity index (χ0n) is 12.8. The first-order valence-electron chi connectivity index (χ1n) is 7.06. The van der Waals surface area contributed by atoms with Crippen LogP contribution in [0.25, 0.3) is 0 Å². The molecule has 0 bridgehead atoms. The van der Waals surface area contributed by atoms with E-state index in [1.54, 1.807) is 6.92 Å². The van der Waals surface area contributed by atoms with Crippen LogP contribution >= 0.6 is 0 Å². The highest BCUT2D eigenvalue weighted by Crippen LogP contribution is 2.25. The standard InChI is InChI=1S/C11H18O2/c1-3-9-5-7-10(8-6-9)11(12)13-4-2/h5,10H,3-4,6-8H2,1-2H3/i1D3,3D2.